The smallest absolute Gasteiger partial charge is 0.235 e. The summed E-state index contributed by atoms with van der Waals surface area (Å²) in [6.07, 6.45) is 2.39. The molecule has 1 unspecified atom stereocenters. The van der Waals surface area contributed by atoms with Crippen molar-refractivity contribution in [3.05, 3.63) is 58.5 Å². The Balaban J connectivity index is 2.81. The molecule has 0 spiro atoms. The fraction of sp³-hybridized carbons (Fsp3) is 0.300. The van der Waals surface area contributed by atoms with Gasteiger partial charge in [-0.05, 0) is 12.2 Å². The minimum atomic E-state index is -1.16. The second-order valence-electron chi connectivity index (χ2n) is 5.91. The molecule has 0 saturated heterocycles. The summed E-state index contributed by atoms with van der Waals surface area (Å²) in [4.78, 5) is 4.82. The molecule has 136 valence electrons. The van der Waals surface area contributed by atoms with Crippen molar-refractivity contribution >= 4 is 18.1 Å². The van der Waals surface area contributed by atoms with Crippen molar-refractivity contribution in [3.8, 4) is 18.2 Å². The van der Waals surface area contributed by atoms with E-state index in [0.717, 1.165) is 12.0 Å². The predicted octanol–water partition coefficient (Wildman–Crippen LogP) is 3.68. The van der Waals surface area contributed by atoms with Crippen LogP contribution < -0.4 is 0 Å². The summed E-state index contributed by atoms with van der Waals surface area (Å²) >= 11 is 1.45. The van der Waals surface area contributed by atoms with Gasteiger partial charge in [0, 0.05) is 19.7 Å². The van der Waals surface area contributed by atoms with Crippen LogP contribution in [0.5, 0.6) is 0 Å². The summed E-state index contributed by atoms with van der Waals surface area (Å²) in [6.45, 7) is 2.03. The van der Waals surface area contributed by atoms with Gasteiger partial charge in [-0.15, -0.1) is 11.8 Å². The molecule has 7 heteroatoms. The van der Waals surface area contributed by atoms with Gasteiger partial charge in [0.15, 0.2) is 0 Å². The number of thioether (sulfide) groups is 1. The van der Waals surface area contributed by atoms with Crippen molar-refractivity contribution in [2.24, 2.45) is 4.99 Å². The molecule has 1 heterocycles. The molecule has 0 aromatic heterocycles. The van der Waals surface area contributed by atoms with Crippen LogP contribution in [-0.2, 0) is 9.67 Å². The number of nitriles is 3. The van der Waals surface area contributed by atoms with Crippen molar-refractivity contribution in [2.75, 3.05) is 19.8 Å². The highest BCUT2D eigenvalue weighted by atomic mass is 32.2. The fourth-order valence-electron chi connectivity index (χ4n) is 2.59. The molecular weight excluding hydrogens is 358 g/mol. The molecule has 1 aliphatic rings. The molecule has 6 nitrogen and oxygen atoms in total. The molecule has 0 fully saturated rings. The minimum absolute atomic E-state index is 0.108. The topological polar surface area (TPSA) is 96.2 Å². The van der Waals surface area contributed by atoms with Crippen LogP contribution in [-0.4, -0.2) is 31.1 Å². The lowest BCUT2D eigenvalue weighted by atomic mass is 9.93. The quantitative estimate of drug-likeness (QED) is 0.426. The Labute approximate surface area is 163 Å². The third kappa shape index (κ3) is 3.97. The van der Waals surface area contributed by atoms with E-state index in [1.54, 1.807) is 19.0 Å². The van der Waals surface area contributed by atoms with E-state index in [0.29, 0.717) is 5.75 Å². The van der Waals surface area contributed by atoms with Crippen molar-refractivity contribution in [3.63, 3.8) is 0 Å². The third-order valence-corrected chi connectivity index (χ3v) is 5.23. The summed E-state index contributed by atoms with van der Waals surface area (Å²) in [7, 11) is 3.60. The average molecular weight is 377 g/mol. The predicted molar refractivity (Wildman–Crippen MR) is 105 cm³/mol. The molecule has 0 amide bonds. The Morgan fingerprint density at radius 1 is 1.22 bits per heavy atom. The number of allylic oxidation sites excluding steroid dienone is 1. The van der Waals surface area contributed by atoms with Crippen LogP contribution in [0.3, 0.4) is 0 Å². The largest absolute Gasteiger partial charge is 0.450 e. The summed E-state index contributed by atoms with van der Waals surface area (Å²) < 4.78 is 6.22. The summed E-state index contributed by atoms with van der Waals surface area (Å²) in [5.41, 5.74) is 0.988. The normalized spacial score (nSPS) is 18.6. The molecule has 2 rings (SSSR count). The Hall–Kier alpha value is -3.21. The fourth-order valence-corrected chi connectivity index (χ4v) is 3.87. The molecule has 1 atom stereocenters. The van der Waals surface area contributed by atoms with Gasteiger partial charge >= 0.3 is 0 Å². The maximum Gasteiger partial charge on any atom is 0.235 e. The lowest BCUT2D eigenvalue weighted by Crippen LogP contribution is -2.26. The number of aliphatic imine (C=N–C) groups is 1. The molecule has 0 radical (unpaired) electrons. The number of hydrogen-bond acceptors (Lipinski definition) is 6. The highest BCUT2D eigenvalue weighted by molar-refractivity contribution is 8.00. The van der Waals surface area contributed by atoms with Crippen LogP contribution >= 0.6 is 11.8 Å². The van der Waals surface area contributed by atoms with Gasteiger partial charge in [0.05, 0.1) is 11.9 Å². The highest BCUT2D eigenvalue weighted by Gasteiger charge is 2.50. The van der Waals surface area contributed by atoms with Gasteiger partial charge in [-0.3, -0.25) is 0 Å². The molecule has 0 aliphatic carbocycles. The first-order valence-electron chi connectivity index (χ1n) is 8.32. The van der Waals surface area contributed by atoms with Crippen molar-refractivity contribution in [1.29, 1.82) is 15.8 Å². The summed E-state index contributed by atoms with van der Waals surface area (Å²) in [6, 6.07) is 15.2. The van der Waals surface area contributed by atoms with E-state index < -0.39 is 4.93 Å². The van der Waals surface area contributed by atoms with Gasteiger partial charge in [0.25, 0.3) is 0 Å². The maximum absolute atomic E-state index is 9.78. The average Bonchev–Trinajstić information content (AvgIpc) is 3.01. The van der Waals surface area contributed by atoms with Gasteiger partial charge in [-0.1, -0.05) is 37.3 Å². The monoisotopic (exact) mass is 377 g/mol. The van der Waals surface area contributed by atoms with Crippen LogP contribution in [0.2, 0.25) is 0 Å². The molecule has 1 aromatic carbocycles. The van der Waals surface area contributed by atoms with Crippen LogP contribution in [0.1, 0.15) is 18.9 Å². The highest BCUT2D eigenvalue weighted by Crippen LogP contribution is 2.54. The Morgan fingerprint density at radius 2 is 1.89 bits per heavy atom. The van der Waals surface area contributed by atoms with Crippen LogP contribution in [0.4, 0.5) is 0 Å². The first-order valence-corrected chi connectivity index (χ1v) is 9.31. The summed E-state index contributed by atoms with van der Waals surface area (Å²) in [5, 5.41) is 28.8. The van der Waals surface area contributed by atoms with Gasteiger partial charge in [-0.2, -0.15) is 15.8 Å². The lowest BCUT2D eigenvalue weighted by Gasteiger charge is -2.30. The standard InChI is InChI=1S/C20H19N5OS/c1-4-10-27-20(16-8-6-5-7-9-16)18(15(11-21)12-22)17(13-23)19(26-20)24-14-25(2)3/h5-9,14H,4,10H2,1-3H3/b24-14+. The second kappa shape index (κ2) is 8.94. The number of rotatable bonds is 6. The van der Waals surface area contributed by atoms with Crippen molar-refractivity contribution < 1.29 is 4.74 Å². The van der Waals surface area contributed by atoms with Crippen LogP contribution in [0, 0.1) is 34.0 Å². The van der Waals surface area contributed by atoms with Crippen molar-refractivity contribution in [1.82, 2.24) is 4.90 Å². The van der Waals surface area contributed by atoms with E-state index in [2.05, 4.69) is 11.1 Å². The number of hydrogen-bond donors (Lipinski definition) is 0. The Morgan fingerprint density at radius 3 is 2.41 bits per heavy atom. The van der Waals surface area contributed by atoms with Gasteiger partial charge < -0.3 is 9.64 Å². The zero-order chi connectivity index (χ0) is 19.9. The van der Waals surface area contributed by atoms with Crippen molar-refractivity contribution in [2.45, 2.75) is 18.3 Å². The first kappa shape index (κ1) is 20.1. The number of ether oxygens (including phenoxy) is 1. The van der Waals surface area contributed by atoms with E-state index in [1.807, 2.05) is 49.4 Å². The molecule has 0 N–H and O–H groups in total. The SMILES string of the molecule is CCCSC1(c2ccccc2)OC(/N=C/N(C)C)=C(C#N)C1=C(C#N)C#N. The van der Waals surface area contributed by atoms with Crippen LogP contribution in [0.15, 0.2) is 57.9 Å². The molecular formula is C20H19N5OS. The van der Waals surface area contributed by atoms with Crippen LogP contribution in [0.25, 0.3) is 0 Å². The first-order chi connectivity index (χ1) is 13.0. The molecule has 27 heavy (non-hydrogen) atoms. The lowest BCUT2D eigenvalue weighted by molar-refractivity contribution is 0.134. The maximum atomic E-state index is 9.78. The Kier molecular flexibility index (Phi) is 6.66. The number of nitrogens with zero attached hydrogens (tertiary/aromatic N) is 5. The molecule has 1 aliphatic heterocycles. The third-order valence-electron chi connectivity index (χ3n) is 3.69. The van der Waals surface area contributed by atoms with E-state index in [9.17, 15) is 15.8 Å². The van der Waals surface area contributed by atoms with E-state index >= 15 is 0 Å². The van der Waals surface area contributed by atoms with Gasteiger partial charge in [0.2, 0.25) is 10.8 Å². The zero-order valence-electron chi connectivity index (χ0n) is 15.4. The van der Waals surface area contributed by atoms with E-state index in [1.165, 1.54) is 18.1 Å². The molecule has 1 aromatic rings. The van der Waals surface area contributed by atoms with E-state index in [4.69, 9.17) is 4.74 Å². The zero-order valence-corrected chi connectivity index (χ0v) is 16.2. The van der Waals surface area contributed by atoms with Gasteiger partial charge in [-0.25, -0.2) is 4.99 Å². The molecule has 0 saturated carbocycles. The Bertz CT molecular complexity index is 896. The summed E-state index contributed by atoms with van der Waals surface area (Å²) in [5.74, 6) is 0.822. The second-order valence-corrected chi connectivity index (χ2v) is 7.18. The van der Waals surface area contributed by atoms with Gasteiger partial charge in [0.1, 0.15) is 29.4 Å². The van der Waals surface area contributed by atoms with E-state index in [-0.39, 0.29) is 22.6 Å². The molecule has 0 bridgehead atoms. The minimum Gasteiger partial charge on any atom is -0.450 e. The number of benzene rings is 1.